The number of amides is 1. The zero-order chi connectivity index (χ0) is 15.1. The molecule has 1 aromatic rings. The maximum absolute atomic E-state index is 12.6. The van der Waals surface area contributed by atoms with Gasteiger partial charge in [0.2, 0.25) is 0 Å². The molecule has 6 nitrogen and oxygen atoms in total. The van der Waals surface area contributed by atoms with Crippen molar-refractivity contribution in [3.8, 4) is 0 Å². The Labute approximate surface area is 125 Å². The van der Waals surface area contributed by atoms with Gasteiger partial charge >= 0.3 is 0 Å². The van der Waals surface area contributed by atoms with Crippen LogP contribution in [0.4, 0.5) is 5.82 Å². The molecule has 0 atom stereocenters. The molecule has 0 aliphatic heterocycles. The van der Waals surface area contributed by atoms with Crippen molar-refractivity contribution < 1.29 is 9.90 Å². The lowest BCUT2D eigenvalue weighted by atomic mass is 9.94. The van der Waals surface area contributed by atoms with E-state index in [2.05, 4.69) is 15.5 Å². The monoisotopic (exact) mass is 292 g/mol. The van der Waals surface area contributed by atoms with E-state index < -0.39 is 0 Å². The molecule has 116 valence electrons. The number of anilines is 1. The average molecular weight is 292 g/mol. The first-order chi connectivity index (χ1) is 10.3. The van der Waals surface area contributed by atoms with Gasteiger partial charge in [0.1, 0.15) is 5.82 Å². The molecule has 0 radical (unpaired) electrons. The highest BCUT2D eigenvalue weighted by Gasteiger charge is 2.26. The van der Waals surface area contributed by atoms with Crippen LogP contribution in [0.3, 0.4) is 0 Å². The maximum Gasteiger partial charge on any atom is 0.274 e. The zero-order valence-electron chi connectivity index (χ0n) is 12.6. The van der Waals surface area contributed by atoms with Gasteiger partial charge in [-0.05, 0) is 31.9 Å². The molecule has 1 aliphatic carbocycles. The molecule has 0 spiro atoms. The summed E-state index contributed by atoms with van der Waals surface area (Å²) in [7, 11) is 0. The van der Waals surface area contributed by atoms with Gasteiger partial charge in [-0.2, -0.15) is 0 Å². The molecule has 0 bridgehead atoms. The van der Waals surface area contributed by atoms with Crippen LogP contribution >= 0.6 is 0 Å². The number of hydrogen-bond acceptors (Lipinski definition) is 5. The molecule has 1 aromatic heterocycles. The van der Waals surface area contributed by atoms with Crippen LogP contribution in [0, 0.1) is 0 Å². The molecule has 1 amide bonds. The summed E-state index contributed by atoms with van der Waals surface area (Å²) >= 11 is 0. The third kappa shape index (κ3) is 4.14. The molecule has 6 heteroatoms. The van der Waals surface area contributed by atoms with Crippen LogP contribution in [0.1, 0.15) is 49.5 Å². The number of aliphatic hydroxyl groups excluding tert-OH is 1. The van der Waals surface area contributed by atoms with Crippen molar-refractivity contribution in [2.45, 2.75) is 45.1 Å². The molecular formula is C15H24N4O2. The summed E-state index contributed by atoms with van der Waals surface area (Å²) in [5, 5.41) is 20.3. The van der Waals surface area contributed by atoms with E-state index in [4.69, 9.17) is 0 Å². The van der Waals surface area contributed by atoms with E-state index in [0.717, 1.165) is 32.2 Å². The number of nitrogens with zero attached hydrogens (tertiary/aromatic N) is 3. The van der Waals surface area contributed by atoms with Crippen LogP contribution in [0.5, 0.6) is 0 Å². The van der Waals surface area contributed by atoms with Crippen LogP contribution in [-0.4, -0.2) is 51.8 Å². The minimum absolute atomic E-state index is 0.0227. The summed E-state index contributed by atoms with van der Waals surface area (Å²) in [6.07, 6.45) is 5.54. The molecule has 1 heterocycles. The molecule has 0 aromatic carbocycles. The van der Waals surface area contributed by atoms with E-state index in [9.17, 15) is 9.90 Å². The molecule has 1 aliphatic rings. The fraction of sp³-hybridized carbons (Fsp3) is 0.667. The Bertz CT molecular complexity index is 443. The number of nitrogens with one attached hydrogen (secondary N) is 1. The lowest BCUT2D eigenvalue weighted by molar-refractivity contribution is 0.0578. The van der Waals surface area contributed by atoms with Gasteiger partial charge in [-0.25, -0.2) is 0 Å². The minimum Gasteiger partial charge on any atom is -0.395 e. The number of aromatic nitrogens is 2. The number of rotatable bonds is 6. The normalized spacial score (nSPS) is 15.7. The highest BCUT2D eigenvalue weighted by molar-refractivity contribution is 5.92. The van der Waals surface area contributed by atoms with Crippen LogP contribution < -0.4 is 5.32 Å². The average Bonchev–Trinajstić information content (AvgIpc) is 2.54. The molecule has 2 N–H and O–H groups in total. The molecule has 0 unspecified atom stereocenters. The predicted octanol–water partition coefficient (Wildman–Crippen LogP) is 1.68. The Hall–Kier alpha value is -1.69. The molecule has 0 saturated heterocycles. The van der Waals surface area contributed by atoms with Crippen molar-refractivity contribution in [3.63, 3.8) is 0 Å². The van der Waals surface area contributed by atoms with Crippen molar-refractivity contribution >= 4 is 11.7 Å². The van der Waals surface area contributed by atoms with Crippen molar-refractivity contribution in [2.24, 2.45) is 0 Å². The van der Waals surface area contributed by atoms with Crippen LogP contribution in [0.2, 0.25) is 0 Å². The number of hydrogen-bond donors (Lipinski definition) is 2. The van der Waals surface area contributed by atoms with Crippen LogP contribution in [0.15, 0.2) is 12.1 Å². The minimum atomic E-state index is -0.133. The zero-order valence-corrected chi connectivity index (χ0v) is 12.6. The Morgan fingerprint density at radius 2 is 2.10 bits per heavy atom. The third-order valence-electron chi connectivity index (χ3n) is 3.86. The molecule has 1 saturated carbocycles. The Kier molecular flexibility index (Phi) is 5.92. The van der Waals surface area contributed by atoms with Gasteiger partial charge in [0.25, 0.3) is 5.91 Å². The molecule has 21 heavy (non-hydrogen) atoms. The largest absolute Gasteiger partial charge is 0.395 e. The summed E-state index contributed by atoms with van der Waals surface area (Å²) in [4.78, 5) is 14.4. The molecule has 1 fully saturated rings. The highest BCUT2D eigenvalue weighted by Crippen LogP contribution is 2.23. The van der Waals surface area contributed by atoms with Gasteiger partial charge in [-0.3, -0.25) is 4.79 Å². The van der Waals surface area contributed by atoms with E-state index >= 15 is 0 Å². The smallest absolute Gasteiger partial charge is 0.274 e. The second-order valence-electron chi connectivity index (χ2n) is 5.35. The summed E-state index contributed by atoms with van der Waals surface area (Å²) in [5.74, 6) is 0.534. The first kappa shape index (κ1) is 15.7. The lowest BCUT2D eigenvalue weighted by Crippen LogP contribution is -2.43. The van der Waals surface area contributed by atoms with Crippen molar-refractivity contribution in [1.29, 1.82) is 0 Å². The Morgan fingerprint density at radius 1 is 1.33 bits per heavy atom. The van der Waals surface area contributed by atoms with Gasteiger partial charge in [-0.1, -0.05) is 19.3 Å². The molecular weight excluding hydrogens is 268 g/mol. The quantitative estimate of drug-likeness (QED) is 0.834. The predicted molar refractivity (Wildman–Crippen MR) is 81.2 cm³/mol. The van der Waals surface area contributed by atoms with E-state index in [1.54, 1.807) is 17.0 Å². The summed E-state index contributed by atoms with van der Waals surface area (Å²) in [6, 6.07) is 3.68. The van der Waals surface area contributed by atoms with E-state index in [-0.39, 0.29) is 18.6 Å². The van der Waals surface area contributed by atoms with Crippen LogP contribution in [-0.2, 0) is 0 Å². The third-order valence-corrected chi connectivity index (χ3v) is 3.86. The van der Waals surface area contributed by atoms with Gasteiger partial charge in [0.05, 0.1) is 6.61 Å². The first-order valence-corrected chi connectivity index (χ1v) is 7.75. The van der Waals surface area contributed by atoms with Gasteiger partial charge < -0.3 is 15.3 Å². The van der Waals surface area contributed by atoms with Gasteiger partial charge in [-0.15, -0.1) is 10.2 Å². The number of aliphatic hydroxyl groups is 1. The second kappa shape index (κ2) is 7.93. The van der Waals surface area contributed by atoms with Crippen molar-refractivity contribution in [2.75, 3.05) is 25.0 Å². The highest BCUT2D eigenvalue weighted by atomic mass is 16.3. The van der Waals surface area contributed by atoms with Gasteiger partial charge in [0.15, 0.2) is 5.69 Å². The van der Waals surface area contributed by atoms with Crippen LogP contribution in [0.25, 0.3) is 0 Å². The van der Waals surface area contributed by atoms with Gasteiger partial charge in [0, 0.05) is 19.1 Å². The molecule has 2 rings (SSSR count). The lowest BCUT2D eigenvalue weighted by Gasteiger charge is -2.33. The fourth-order valence-electron chi connectivity index (χ4n) is 2.82. The number of carbonyl (C=O) groups is 1. The summed E-state index contributed by atoms with van der Waals surface area (Å²) in [6.45, 7) is 3.08. The Balaban J connectivity index is 2.09. The van der Waals surface area contributed by atoms with E-state index in [0.29, 0.717) is 18.1 Å². The standard InChI is InChI=1S/C15H24N4O2/c1-2-16-14-9-8-13(17-18-14)15(21)19(10-11-20)12-6-4-3-5-7-12/h8-9,12,20H,2-7,10-11H2,1H3,(H,16,18). The SMILES string of the molecule is CCNc1ccc(C(=O)N(CCO)C2CCCCC2)nn1. The summed E-state index contributed by atoms with van der Waals surface area (Å²) < 4.78 is 0. The topological polar surface area (TPSA) is 78.4 Å². The van der Waals surface area contributed by atoms with E-state index in [1.807, 2.05) is 6.92 Å². The van der Waals surface area contributed by atoms with Crippen molar-refractivity contribution in [3.05, 3.63) is 17.8 Å². The van der Waals surface area contributed by atoms with Crippen molar-refractivity contribution in [1.82, 2.24) is 15.1 Å². The number of carbonyl (C=O) groups excluding carboxylic acids is 1. The maximum atomic E-state index is 12.6. The second-order valence-corrected chi connectivity index (χ2v) is 5.35. The first-order valence-electron chi connectivity index (χ1n) is 7.75. The summed E-state index contributed by atoms with van der Waals surface area (Å²) in [5.41, 5.74) is 0.343. The fourth-order valence-corrected chi connectivity index (χ4v) is 2.82. The van der Waals surface area contributed by atoms with E-state index in [1.165, 1.54) is 6.42 Å². The Morgan fingerprint density at radius 3 is 2.67 bits per heavy atom.